The number of imidazole rings is 1. The number of nitrogens with two attached hydrogens (primary N) is 1. The summed E-state index contributed by atoms with van der Waals surface area (Å²) in [5.41, 5.74) is 12.3. The maximum Gasteiger partial charge on any atom is 0.329 e. The van der Waals surface area contributed by atoms with Gasteiger partial charge in [0, 0.05) is 51.8 Å². The zero-order valence-corrected chi connectivity index (χ0v) is 33.7. The molecule has 0 radical (unpaired) electrons. The Morgan fingerprint density at radius 3 is 2.31 bits per heavy atom. The summed E-state index contributed by atoms with van der Waals surface area (Å²) in [4.78, 5) is 29.4. The number of phenolic OH excluding ortho intramolecular Hbond substituents is 1. The van der Waals surface area contributed by atoms with Crippen molar-refractivity contribution in [3.8, 4) is 22.8 Å². The lowest BCUT2D eigenvalue weighted by Crippen LogP contribution is -2.47. The second kappa shape index (κ2) is 19.4. The molecule has 13 nitrogen and oxygen atoms in total. The number of nitrogen functional groups attached to an aromatic ring is 1. The standard InChI is InChI=1S/C45H58N8O5/c1-50-39-29-32(19-20-37(39)53(45(50)57)38-21-22-42(55)47-44(38)56)14-9-7-5-3-2-4-6-8-12-27-58-34-16-13-15-33(28-34)31-51-23-25-52(26-24-51)40-30-36(48-49-43(40)46)35-17-10-11-18-41(35)54/h10-11,13,15-20,28-30,38,44,54,56H,2-9,12,14,21-27,31H2,1H3,(H2,46,49)(H,47,55). The highest BCUT2D eigenvalue weighted by Crippen LogP contribution is 2.32. The van der Waals surface area contributed by atoms with E-state index in [0.29, 0.717) is 29.9 Å². The van der Waals surface area contributed by atoms with Crippen LogP contribution in [-0.2, 0) is 24.8 Å². The van der Waals surface area contributed by atoms with Crippen molar-refractivity contribution in [2.75, 3.05) is 43.4 Å². The van der Waals surface area contributed by atoms with Gasteiger partial charge in [0.25, 0.3) is 0 Å². The molecule has 0 bridgehead atoms. The van der Waals surface area contributed by atoms with Crippen LogP contribution in [0.15, 0.2) is 77.6 Å². The van der Waals surface area contributed by atoms with Crippen molar-refractivity contribution in [2.24, 2.45) is 7.05 Å². The first kappa shape index (κ1) is 40.8. The van der Waals surface area contributed by atoms with Crippen molar-refractivity contribution in [3.05, 3.63) is 94.4 Å². The van der Waals surface area contributed by atoms with Gasteiger partial charge in [0.2, 0.25) is 5.91 Å². The van der Waals surface area contributed by atoms with Gasteiger partial charge in [0.1, 0.15) is 17.7 Å². The van der Waals surface area contributed by atoms with E-state index in [-0.39, 0.29) is 17.3 Å². The van der Waals surface area contributed by atoms with E-state index in [1.165, 1.54) is 56.1 Å². The molecule has 2 fully saturated rings. The van der Waals surface area contributed by atoms with Crippen LogP contribution < -0.4 is 26.4 Å². The SMILES string of the molecule is Cn1c(=O)n(C2CCC(=O)NC2O)c2ccc(CCCCCCCCCCCOc3cccc(CN4CCN(c5cc(-c6ccccc6O)nnc5N)CC4)c3)cc21. The number of benzene rings is 3. The molecule has 1 amide bonds. The van der Waals surface area contributed by atoms with Crippen LogP contribution in [0.4, 0.5) is 11.5 Å². The number of fused-ring (bicyclic) bond motifs is 1. The Morgan fingerprint density at radius 1 is 0.810 bits per heavy atom. The van der Waals surface area contributed by atoms with Crippen molar-refractivity contribution < 1.29 is 19.7 Å². The van der Waals surface area contributed by atoms with E-state index in [0.717, 1.165) is 81.1 Å². The first-order valence-corrected chi connectivity index (χ1v) is 21.0. The lowest BCUT2D eigenvalue weighted by atomic mass is 10.0. The van der Waals surface area contributed by atoms with Gasteiger partial charge in [-0.3, -0.25) is 18.8 Å². The minimum Gasteiger partial charge on any atom is -0.507 e. The molecule has 3 aromatic carbocycles. The number of anilines is 2. The number of hydrogen-bond donors (Lipinski definition) is 4. The van der Waals surface area contributed by atoms with Gasteiger partial charge >= 0.3 is 5.69 Å². The van der Waals surface area contributed by atoms with Crippen LogP contribution in [0.25, 0.3) is 22.3 Å². The lowest BCUT2D eigenvalue weighted by Gasteiger charge is -2.36. The molecule has 58 heavy (non-hydrogen) atoms. The number of ether oxygens (including phenoxy) is 1. The van der Waals surface area contributed by atoms with Gasteiger partial charge in [0.15, 0.2) is 5.82 Å². The third-order valence-electron chi connectivity index (χ3n) is 11.7. The number of aliphatic hydroxyl groups is 1. The molecule has 0 saturated carbocycles. The average molecular weight is 791 g/mol. The van der Waals surface area contributed by atoms with Crippen LogP contribution in [0.1, 0.15) is 87.8 Å². The summed E-state index contributed by atoms with van der Waals surface area (Å²) in [5, 5.41) is 31.7. The molecule has 5 aromatic rings. The number of carbonyl (C=O) groups excluding carboxylic acids is 1. The molecule has 0 aliphatic carbocycles. The predicted molar refractivity (Wildman–Crippen MR) is 228 cm³/mol. The maximum absolute atomic E-state index is 13.1. The number of rotatable bonds is 18. The molecule has 13 heteroatoms. The second-order valence-electron chi connectivity index (χ2n) is 15.9. The summed E-state index contributed by atoms with van der Waals surface area (Å²) in [6.45, 7) is 5.04. The minimum atomic E-state index is -1.06. The highest BCUT2D eigenvalue weighted by atomic mass is 16.5. The van der Waals surface area contributed by atoms with Gasteiger partial charge in [-0.2, -0.15) is 0 Å². The van der Waals surface area contributed by atoms with Gasteiger partial charge in [-0.1, -0.05) is 75.3 Å². The van der Waals surface area contributed by atoms with Crippen LogP contribution in [-0.4, -0.2) is 79.4 Å². The van der Waals surface area contributed by atoms with E-state index < -0.39 is 12.3 Å². The van der Waals surface area contributed by atoms with Gasteiger partial charge in [-0.15, -0.1) is 10.2 Å². The van der Waals surface area contributed by atoms with Crippen molar-refractivity contribution in [3.63, 3.8) is 0 Å². The Bertz CT molecular complexity index is 2210. The van der Waals surface area contributed by atoms with Crippen molar-refractivity contribution >= 4 is 28.4 Å². The first-order valence-electron chi connectivity index (χ1n) is 21.0. The van der Waals surface area contributed by atoms with E-state index in [1.807, 2.05) is 30.3 Å². The number of nitrogens with one attached hydrogen (secondary N) is 1. The highest BCUT2D eigenvalue weighted by molar-refractivity contribution is 5.79. The molecule has 2 atom stereocenters. The Kier molecular flexibility index (Phi) is 13.6. The quantitative estimate of drug-likeness (QED) is 0.0740. The normalized spacial score (nSPS) is 17.5. The van der Waals surface area contributed by atoms with Gasteiger partial charge in [0.05, 0.1) is 35.1 Å². The maximum atomic E-state index is 13.1. The third kappa shape index (κ3) is 10.00. The van der Waals surface area contributed by atoms with Crippen LogP contribution in [0.5, 0.6) is 11.5 Å². The molecular formula is C45H58N8O5. The molecule has 2 aromatic heterocycles. The topological polar surface area (TPSA) is 164 Å². The fourth-order valence-corrected chi connectivity index (χ4v) is 8.39. The summed E-state index contributed by atoms with van der Waals surface area (Å²) in [6, 6.07) is 23.2. The fraction of sp³-hybridized carbons (Fsp3) is 0.467. The monoisotopic (exact) mass is 790 g/mol. The van der Waals surface area contributed by atoms with Crippen molar-refractivity contribution in [1.29, 1.82) is 0 Å². The molecule has 4 heterocycles. The molecule has 2 unspecified atom stereocenters. The van der Waals surface area contributed by atoms with Crippen molar-refractivity contribution in [2.45, 2.75) is 95.9 Å². The van der Waals surface area contributed by atoms with Crippen LogP contribution in [0.3, 0.4) is 0 Å². The number of hydrogen-bond acceptors (Lipinski definition) is 10. The van der Waals surface area contributed by atoms with E-state index in [9.17, 15) is 19.8 Å². The predicted octanol–water partition coefficient (Wildman–Crippen LogP) is 6.31. The Hall–Kier alpha value is -5.40. The third-order valence-corrected chi connectivity index (χ3v) is 11.7. The van der Waals surface area contributed by atoms with Crippen LogP contribution in [0, 0.1) is 0 Å². The minimum absolute atomic E-state index is 0.168. The molecule has 308 valence electrons. The number of aryl methyl sites for hydroxylation is 2. The van der Waals surface area contributed by atoms with E-state index in [2.05, 4.69) is 55.6 Å². The summed E-state index contributed by atoms with van der Waals surface area (Å²) in [7, 11) is 1.77. The zero-order valence-electron chi connectivity index (χ0n) is 33.7. The number of piperazine rings is 1. The molecule has 2 aliphatic rings. The number of nitrogens with zero attached hydrogens (tertiary/aromatic N) is 6. The average Bonchev–Trinajstić information content (AvgIpc) is 3.47. The molecule has 2 aliphatic heterocycles. The van der Waals surface area contributed by atoms with E-state index in [1.54, 1.807) is 28.3 Å². The number of para-hydroxylation sites is 1. The van der Waals surface area contributed by atoms with E-state index in [4.69, 9.17) is 10.5 Å². The summed E-state index contributed by atoms with van der Waals surface area (Å²) in [6.07, 6.45) is 11.4. The van der Waals surface area contributed by atoms with Gasteiger partial charge in [-0.05, 0) is 79.3 Å². The number of aromatic hydroxyl groups is 1. The molecule has 2 saturated heterocycles. The summed E-state index contributed by atoms with van der Waals surface area (Å²) < 4.78 is 9.43. The van der Waals surface area contributed by atoms with Crippen LogP contribution >= 0.6 is 0 Å². The number of aliphatic hydroxyl groups excluding tert-OH is 1. The van der Waals surface area contributed by atoms with Gasteiger partial charge < -0.3 is 30.9 Å². The van der Waals surface area contributed by atoms with E-state index >= 15 is 0 Å². The number of amides is 1. The van der Waals surface area contributed by atoms with Crippen molar-refractivity contribution in [1.82, 2.24) is 29.5 Å². The lowest BCUT2D eigenvalue weighted by molar-refractivity contribution is -0.128. The smallest absolute Gasteiger partial charge is 0.329 e. The highest BCUT2D eigenvalue weighted by Gasteiger charge is 2.31. The number of unbranched alkanes of at least 4 members (excludes halogenated alkanes) is 8. The largest absolute Gasteiger partial charge is 0.507 e. The molecule has 7 rings (SSSR count). The second-order valence-corrected chi connectivity index (χ2v) is 15.9. The summed E-state index contributed by atoms with van der Waals surface area (Å²) >= 11 is 0. The number of aromatic nitrogens is 4. The number of carbonyl (C=O) groups is 1. The van der Waals surface area contributed by atoms with Crippen LogP contribution in [0.2, 0.25) is 0 Å². The Morgan fingerprint density at radius 2 is 1.55 bits per heavy atom. The fourth-order valence-electron chi connectivity index (χ4n) is 8.39. The van der Waals surface area contributed by atoms with Gasteiger partial charge in [-0.25, -0.2) is 4.79 Å². The summed E-state index contributed by atoms with van der Waals surface area (Å²) in [5.74, 6) is 1.32. The Labute approximate surface area is 340 Å². The number of phenols is 1. The molecule has 5 N–H and O–H groups in total. The zero-order chi connectivity index (χ0) is 40.4. The number of piperidine rings is 1. The first-order chi connectivity index (χ1) is 28.2. The molecular weight excluding hydrogens is 733 g/mol. The Balaban J connectivity index is 0.743. The molecule has 0 spiro atoms.